The molecule has 2 fully saturated rings. The largest absolute Gasteiger partial charge is 0.444 e. The third-order valence-corrected chi connectivity index (χ3v) is 6.34. The zero-order valence-electron chi connectivity index (χ0n) is 19.9. The standard InChI is InChI=1S/C23H41N5O3/c1-5-24-23(28-11-8-21(15-28)17-30-13-12-29-4)25-14-20-6-9-27(10-7-20)16-22-26-18(2)19(3)31-22/h20-21H,5-17H2,1-4H3,(H,24,25). The van der Waals surface area contributed by atoms with Crippen LogP contribution in [0.1, 0.15) is 43.5 Å². The van der Waals surface area contributed by atoms with Gasteiger partial charge < -0.3 is 24.1 Å². The first kappa shape index (κ1) is 24.0. The van der Waals surface area contributed by atoms with Crippen LogP contribution in [0.5, 0.6) is 0 Å². The van der Waals surface area contributed by atoms with Crippen molar-refractivity contribution in [1.82, 2.24) is 20.1 Å². The molecule has 0 spiro atoms. The molecule has 176 valence electrons. The first-order valence-electron chi connectivity index (χ1n) is 11.8. The maximum absolute atomic E-state index is 5.75. The van der Waals surface area contributed by atoms with Crippen LogP contribution in [0.15, 0.2) is 9.41 Å². The summed E-state index contributed by atoms with van der Waals surface area (Å²) >= 11 is 0. The Hall–Kier alpha value is -1.64. The van der Waals surface area contributed by atoms with Crippen LogP contribution < -0.4 is 5.32 Å². The van der Waals surface area contributed by atoms with Crippen LogP contribution in [0.2, 0.25) is 0 Å². The van der Waals surface area contributed by atoms with Crippen molar-refractivity contribution in [3.8, 4) is 0 Å². The van der Waals surface area contributed by atoms with E-state index in [0.29, 0.717) is 25.0 Å². The number of nitrogens with one attached hydrogen (secondary N) is 1. The van der Waals surface area contributed by atoms with Gasteiger partial charge in [-0.3, -0.25) is 9.89 Å². The number of piperidine rings is 1. The number of hydrogen-bond donors (Lipinski definition) is 1. The van der Waals surface area contributed by atoms with E-state index in [-0.39, 0.29) is 0 Å². The zero-order chi connectivity index (χ0) is 22.1. The van der Waals surface area contributed by atoms with E-state index in [4.69, 9.17) is 18.9 Å². The summed E-state index contributed by atoms with van der Waals surface area (Å²) < 4.78 is 16.5. The van der Waals surface area contributed by atoms with Crippen molar-refractivity contribution in [2.24, 2.45) is 16.8 Å². The number of hydrogen-bond acceptors (Lipinski definition) is 6. The zero-order valence-corrected chi connectivity index (χ0v) is 19.9. The molecule has 1 N–H and O–H groups in total. The predicted octanol–water partition coefficient (Wildman–Crippen LogP) is 2.45. The Bertz CT molecular complexity index is 665. The van der Waals surface area contributed by atoms with Crippen LogP contribution in [-0.2, 0) is 16.0 Å². The monoisotopic (exact) mass is 435 g/mol. The summed E-state index contributed by atoms with van der Waals surface area (Å²) in [5.74, 6) is 4.06. The Balaban J connectivity index is 1.41. The molecule has 0 radical (unpaired) electrons. The molecule has 2 aliphatic rings. The number of nitrogens with zero attached hydrogens (tertiary/aromatic N) is 4. The number of rotatable bonds is 10. The first-order valence-corrected chi connectivity index (χ1v) is 11.8. The van der Waals surface area contributed by atoms with Crippen LogP contribution in [0.25, 0.3) is 0 Å². The fraction of sp³-hybridized carbons (Fsp3) is 0.826. The number of aliphatic imine (C=N–C) groups is 1. The van der Waals surface area contributed by atoms with Crippen molar-refractivity contribution in [2.45, 2.75) is 46.6 Å². The van der Waals surface area contributed by atoms with Gasteiger partial charge in [-0.05, 0) is 59.0 Å². The summed E-state index contributed by atoms with van der Waals surface area (Å²) in [6, 6.07) is 0. The van der Waals surface area contributed by atoms with Crippen molar-refractivity contribution < 1.29 is 13.9 Å². The molecule has 3 rings (SSSR count). The number of aromatic nitrogens is 1. The number of methoxy groups -OCH3 is 1. The number of aryl methyl sites for hydroxylation is 2. The van der Waals surface area contributed by atoms with Gasteiger partial charge in [-0.2, -0.15) is 0 Å². The molecule has 3 heterocycles. The number of guanidine groups is 1. The summed E-state index contributed by atoms with van der Waals surface area (Å²) in [7, 11) is 1.71. The van der Waals surface area contributed by atoms with E-state index in [1.165, 1.54) is 12.8 Å². The van der Waals surface area contributed by atoms with Gasteiger partial charge >= 0.3 is 0 Å². The smallest absolute Gasteiger partial charge is 0.208 e. The molecule has 2 aliphatic heterocycles. The molecule has 1 aromatic rings. The highest BCUT2D eigenvalue weighted by molar-refractivity contribution is 5.80. The third kappa shape index (κ3) is 7.47. The molecular formula is C23H41N5O3. The van der Waals surface area contributed by atoms with E-state index in [1.54, 1.807) is 7.11 Å². The molecule has 0 saturated carbocycles. The molecule has 0 aliphatic carbocycles. The van der Waals surface area contributed by atoms with Gasteiger partial charge in [0.25, 0.3) is 0 Å². The molecule has 1 atom stereocenters. The lowest BCUT2D eigenvalue weighted by molar-refractivity contribution is 0.0536. The summed E-state index contributed by atoms with van der Waals surface area (Å²) in [6.07, 6.45) is 3.52. The lowest BCUT2D eigenvalue weighted by atomic mass is 9.97. The Morgan fingerprint density at radius 2 is 1.94 bits per heavy atom. The summed E-state index contributed by atoms with van der Waals surface area (Å²) in [6.45, 7) is 15.1. The first-order chi connectivity index (χ1) is 15.1. The Kier molecular flexibility index (Phi) is 9.61. The topological polar surface area (TPSA) is 75.4 Å². The maximum Gasteiger partial charge on any atom is 0.208 e. The Labute approximate surface area is 187 Å². The van der Waals surface area contributed by atoms with Gasteiger partial charge in [0.05, 0.1) is 32.1 Å². The molecule has 31 heavy (non-hydrogen) atoms. The molecule has 2 saturated heterocycles. The molecule has 8 nitrogen and oxygen atoms in total. The van der Waals surface area contributed by atoms with Crippen molar-refractivity contribution in [1.29, 1.82) is 0 Å². The fourth-order valence-electron chi connectivity index (χ4n) is 4.32. The average Bonchev–Trinajstić information content (AvgIpc) is 3.36. The lowest BCUT2D eigenvalue weighted by Gasteiger charge is -2.30. The molecule has 8 heteroatoms. The van der Waals surface area contributed by atoms with Crippen LogP contribution in [0, 0.1) is 25.7 Å². The number of ether oxygens (including phenoxy) is 2. The average molecular weight is 436 g/mol. The summed E-state index contributed by atoms with van der Waals surface area (Å²) in [5, 5.41) is 3.49. The quantitative estimate of drug-likeness (QED) is 0.344. The summed E-state index contributed by atoms with van der Waals surface area (Å²) in [5.41, 5.74) is 1.00. The molecule has 0 bridgehead atoms. The highest BCUT2D eigenvalue weighted by Gasteiger charge is 2.26. The second kappa shape index (κ2) is 12.4. The van der Waals surface area contributed by atoms with Crippen LogP contribution >= 0.6 is 0 Å². The molecule has 0 aromatic carbocycles. The van der Waals surface area contributed by atoms with Crippen molar-refractivity contribution in [3.05, 3.63) is 17.3 Å². The van der Waals surface area contributed by atoms with Gasteiger partial charge in [0, 0.05) is 39.2 Å². The predicted molar refractivity (Wildman–Crippen MR) is 122 cm³/mol. The fourth-order valence-corrected chi connectivity index (χ4v) is 4.32. The van der Waals surface area contributed by atoms with Gasteiger partial charge in [0.2, 0.25) is 5.89 Å². The minimum absolute atomic E-state index is 0.575. The maximum atomic E-state index is 5.75. The second-order valence-electron chi connectivity index (χ2n) is 8.83. The molecule has 1 unspecified atom stereocenters. The normalized spacial score (nSPS) is 21.2. The van der Waals surface area contributed by atoms with E-state index in [2.05, 4.69) is 27.0 Å². The van der Waals surface area contributed by atoms with Crippen molar-refractivity contribution >= 4 is 5.96 Å². The molecule has 1 aromatic heterocycles. The van der Waals surface area contributed by atoms with Gasteiger partial charge in [0.15, 0.2) is 5.96 Å². The van der Waals surface area contributed by atoms with Gasteiger partial charge in [-0.25, -0.2) is 4.98 Å². The second-order valence-corrected chi connectivity index (χ2v) is 8.83. The third-order valence-electron chi connectivity index (χ3n) is 6.34. The van der Waals surface area contributed by atoms with E-state index < -0.39 is 0 Å². The number of likely N-dealkylation sites (tertiary alicyclic amines) is 2. The lowest BCUT2D eigenvalue weighted by Crippen LogP contribution is -2.41. The van der Waals surface area contributed by atoms with E-state index >= 15 is 0 Å². The highest BCUT2D eigenvalue weighted by atomic mass is 16.5. The van der Waals surface area contributed by atoms with Crippen molar-refractivity contribution in [2.75, 3.05) is 66.2 Å². The van der Waals surface area contributed by atoms with Gasteiger partial charge in [0.1, 0.15) is 5.76 Å². The minimum atomic E-state index is 0.575. The van der Waals surface area contributed by atoms with E-state index in [1.807, 2.05) is 13.8 Å². The van der Waals surface area contributed by atoms with E-state index in [0.717, 1.165) is 82.1 Å². The molecular weight excluding hydrogens is 394 g/mol. The molecule has 0 amide bonds. The van der Waals surface area contributed by atoms with Gasteiger partial charge in [-0.1, -0.05) is 0 Å². The SMILES string of the molecule is CCNC(=NCC1CCN(Cc2nc(C)c(C)o2)CC1)N1CCC(COCCOC)C1. The van der Waals surface area contributed by atoms with Crippen LogP contribution in [0.3, 0.4) is 0 Å². The van der Waals surface area contributed by atoms with Crippen molar-refractivity contribution in [3.63, 3.8) is 0 Å². The van der Waals surface area contributed by atoms with Crippen LogP contribution in [-0.4, -0.2) is 86.9 Å². The van der Waals surface area contributed by atoms with E-state index in [9.17, 15) is 0 Å². The van der Waals surface area contributed by atoms with Gasteiger partial charge in [-0.15, -0.1) is 0 Å². The summed E-state index contributed by atoms with van der Waals surface area (Å²) in [4.78, 5) is 14.4. The van der Waals surface area contributed by atoms with Crippen LogP contribution in [0.4, 0.5) is 0 Å². The Morgan fingerprint density at radius 1 is 1.16 bits per heavy atom. The highest BCUT2D eigenvalue weighted by Crippen LogP contribution is 2.21. The number of oxazole rings is 1. The minimum Gasteiger partial charge on any atom is -0.444 e. The Morgan fingerprint density at radius 3 is 2.61 bits per heavy atom.